The van der Waals surface area contributed by atoms with E-state index < -0.39 is 0 Å². The van der Waals surface area contributed by atoms with Gasteiger partial charge in [-0.3, -0.25) is 0 Å². The van der Waals surface area contributed by atoms with E-state index in [0.717, 1.165) is 11.6 Å². The van der Waals surface area contributed by atoms with Gasteiger partial charge in [-0.15, -0.1) is 0 Å². The quantitative estimate of drug-likeness (QED) is 0.776. The van der Waals surface area contributed by atoms with Crippen LogP contribution in [0.15, 0.2) is 18.2 Å². The Morgan fingerprint density at radius 3 is 2.71 bits per heavy atom. The van der Waals surface area contributed by atoms with Crippen LogP contribution in [0.2, 0.25) is 0 Å². The number of halogens is 1. The molecule has 0 spiro atoms. The molecule has 1 nitrogen and oxygen atoms in total. The Balaban J connectivity index is 2.04. The minimum absolute atomic E-state index is 0.130. The minimum atomic E-state index is -0.130. The zero-order chi connectivity index (χ0) is 10.1. The van der Waals surface area contributed by atoms with Crippen molar-refractivity contribution in [2.45, 2.75) is 32.7 Å². The Labute approximate surface area is 84.3 Å². The van der Waals surface area contributed by atoms with Crippen molar-refractivity contribution in [1.29, 1.82) is 0 Å². The standard InChI is InChI=1S/C12H16FN/c1-8-7-11(5-6-12(8)13)14-9(2)10-3-4-10/h5-7,9-10,14H,3-4H2,1-2H3/t9-/m1/s1. The summed E-state index contributed by atoms with van der Waals surface area (Å²) in [5.41, 5.74) is 1.74. The lowest BCUT2D eigenvalue weighted by Crippen LogP contribution is -2.17. The topological polar surface area (TPSA) is 12.0 Å². The molecule has 0 unspecified atom stereocenters. The van der Waals surface area contributed by atoms with Gasteiger partial charge in [0, 0.05) is 11.7 Å². The predicted molar refractivity (Wildman–Crippen MR) is 56.9 cm³/mol. The van der Waals surface area contributed by atoms with Crippen LogP contribution in [0.4, 0.5) is 10.1 Å². The van der Waals surface area contributed by atoms with Crippen LogP contribution >= 0.6 is 0 Å². The number of aryl methyl sites for hydroxylation is 1. The number of hydrogen-bond acceptors (Lipinski definition) is 1. The summed E-state index contributed by atoms with van der Waals surface area (Å²) in [5, 5.41) is 3.41. The highest BCUT2D eigenvalue weighted by Gasteiger charge is 2.27. The molecule has 0 radical (unpaired) electrons. The van der Waals surface area contributed by atoms with Gasteiger partial charge in [-0.2, -0.15) is 0 Å². The Hall–Kier alpha value is -1.05. The van der Waals surface area contributed by atoms with Gasteiger partial charge in [0.05, 0.1) is 0 Å². The van der Waals surface area contributed by atoms with Gasteiger partial charge < -0.3 is 5.32 Å². The van der Waals surface area contributed by atoms with Crippen LogP contribution in [-0.2, 0) is 0 Å². The van der Waals surface area contributed by atoms with Gasteiger partial charge in [-0.1, -0.05) is 0 Å². The third-order valence-electron chi connectivity index (χ3n) is 2.88. The van der Waals surface area contributed by atoms with Gasteiger partial charge in [0.2, 0.25) is 0 Å². The molecule has 0 amide bonds. The molecule has 76 valence electrons. The first-order valence-corrected chi connectivity index (χ1v) is 5.19. The molecule has 0 heterocycles. The van der Waals surface area contributed by atoms with Crippen molar-refractivity contribution in [3.8, 4) is 0 Å². The smallest absolute Gasteiger partial charge is 0.126 e. The van der Waals surface area contributed by atoms with Crippen molar-refractivity contribution in [3.05, 3.63) is 29.6 Å². The molecule has 0 aliphatic heterocycles. The summed E-state index contributed by atoms with van der Waals surface area (Å²) in [4.78, 5) is 0. The number of nitrogens with one attached hydrogen (secondary N) is 1. The van der Waals surface area contributed by atoms with Crippen LogP contribution in [0.5, 0.6) is 0 Å². The van der Waals surface area contributed by atoms with Gasteiger partial charge in [-0.25, -0.2) is 4.39 Å². The van der Waals surface area contributed by atoms with Crippen LogP contribution in [0, 0.1) is 18.7 Å². The van der Waals surface area contributed by atoms with Crippen LogP contribution in [-0.4, -0.2) is 6.04 Å². The highest BCUT2D eigenvalue weighted by molar-refractivity contribution is 5.46. The van der Waals surface area contributed by atoms with E-state index in [1.165, 1.54) is 18.9 Å². The normalized spacial score (nSPS) is 17.9. The Kier molecular flexibility index (Phi) is 2.44. The van der Waals surface area contributed by atoms with Crippen molar-refractivity contribution in [2.24, 2.45) is 5.92 Å². The summed E-state index contributed by atoms with van der Waals surface area (Å²) >= 11 is 0. The molecule has 1 aromatic carbocycles. The lowest BCUT2D eigenvalue weighted by Gasteiger charge is -2.14. The third kappa shape index (κ3) is 2.06. The number of benzene rings is 1. The van der Waals surface area contributed by atoms with Crippen molar-refractivity contribution >= 4 is 5.69 Å². The lowest BCUT2D eigenvalue weighted by atomic mass is 10.1. The maximum atomic E-state index is 13.0. The molecule has 2 heteroatoms. The van der Waals surface area contributed by atoms with Crippen LogP contribution < -0.4 is 5.32 Å². The van der Waals surface area contributed by atoms with Gasteiger partial charge in [0.15, 0.2) is 0 Å². The molecule has 1 fully saturated rings. The summed E-state index contributed by atoms with van der Waals surface area (Å²) < 4.78 is 13.0. The molecule has 1 atom stereocenters. The minimum Gasteiger partial charge on any atom is -0.382 e. The fourth-order valence-electron chi connectivity index (χ4n) is 1.71. The highest BCUT2D eigenvalue weighted by Crippen LogP contribution is 2.34. The molecule has 2 rings (SSSR count). The molecule has 1 aromatic rings. The van der Waals surface area contributed by atoms with Crippen molar-refractivity contribution in [2.75, 3.05) is 5.32 Å². The van der Waals surface area contributed by atoms with Crippen molar-refractivity contribution in [3.63, 3.8) is 0 Å². The van der Waals surface area contributed by atoms with E-state index >= 15 is 0 Å². The Bertz CT molecular complexity index is 331. The van der Waals surface area contributed by atoms with Gasteiger partial charge in [0.1, 0.15) is 5.82 Å². The first kappa shape index (κ1) is 9.50. The van der Waals surface area contributed by atoms with Crippen molar-refractivity contribution < 1.29 is 4.39 Å². The van der Waals surface area contributed by atoms with E-state index in [2.05, 4.69) is 12.2 Å². The van der Waals surface area contributed by atoms with Crippen LogP contribution in [0.3, 0.4) is 0 Å². The van der Waals surface area contributed by atoms with Crippen LogP contribution in [0.1, 0.15) is 25.3 Å². The average Bonchev–Trinajstić information content (AvgIpc) is 2.94. The summed E-state index contributed by atoms with van der Waals surface area (Å²) in [6.07, 6.45) is 2.66. The van der Waals surface area contributed by atoms with E-state index in [1.807, 2.05) is 6.07 Å². The molecule has 0 bridgehead atoms. The third-order valence-corrected chi connectivity index (χ3v) is 2.88. The maximum Gasteiger partial charge on any atom is 0.126 e. The predicted octanol–water partition coefficient (Wildman–Crippen LogP) is 3.34. The highest BCUT2D eigenvalue weighted by atomic mass is 19.1. The summed E-state index contributed by atoms with van der Waals surface area (Å²) in [6.45, 7) is 3.98. The largest absolute Gasteiger partial charge is 0.382 e. The summed E-state index contributed by atoms with van der Waals surface area (Å²) in [7, 11) is 0. The SMILES string of the molecule is Cc1cc(N[C@H](C)C2CC2)ccc1F. The molecule has 0 saturated heterocycles. The first-order chi connectivity index (χ1) is 6.66. The van der Waals surface area contributed by atoms with E-state index in [1.54, 1.807) is 13.0 Å². The van der Waals surface area contributed by atoms with Gasteiger partial charge >= 0.3 is 0 Å². The molecular weight excluding hydrogens is 177 g/mol. The molecule has 1 aliphatic rings. The zero-order valence-corrected chi connectivity index (χ0v) is 8.68. The molecule has 1 aliphatic carbocycles. The molecule has 0 aromatic heterocycles. The lowest BCUT2D eigenvalue weighted by molar-refractivity contribution is 0.618. The summed E-state index contributed by atoms with van der Waals surface area (Å²) in [6, 6.07) is 5.71. The summed E-state index contributed by atoms with van der Waals surface area (Å²) in [5.74, 6) is 0.690. The van der Waals surface area contributed by atoms with E-state index in [4.69, 9.17) is 0 Å². The van der Waals surface area contributed by atoms with Crippen molar-refractivity contribution in [1.82, 2.24) is 0 Å². The molecule has 1 saturated carbocycles. The second kappa shape index (κ2) is 3.60. The van der Waals surface area contributed by atoms with E-state index in [9.17, 15) is 4.39 Å². The first-order valence-electron chi connectivity index (χ1n) is 5.19. The zero-order valence-electron chi connectivity index (χ0n) is 8.68. The second-order valence-corrected chi connectivity index (χ2v) is 4.23. The van der Waals surface area contributed by atoms with E-state index in [0.29, 0.717) is 11.6 Å². The Morgan fingerprint density at radius 2 is 2.14 bits per heavy atom. The monoisotopic (exact) mass is 193 g/mol. The maximum absolute atomic E-state index is 13.0. The molecular formula is C12H16FN. The number of rotatable bonds is 3. The Morgan fingerprint density at radius 1 is 1.43 bits per heavy atom. The number of hydrogen-bond donors (Lipinski definition) is 1. The average molecular weight is 193 g/mol. The van der Waals surface area contributed by atoms with Gasteiger partial charge in [0.25, 0.3) is 0 Å². The van der Waals surface area contributed by atoms with E-state index in [-0.39, 0.29) is 5.82 Å². The molecule has 1 N–H and O–H groups in total. The fraction of sp³-hybridized carbons (Fsp3) is 0.500. The van der Waals surface area contributed by atoms with Gasteiger partial charge in [-0.05, 0) is 56.4 Å². The fourth-order valence-corrected chi connectivity index (χ4v) is 1.71. The molecule has 14 heavy (non-hydrogen) atoms. The second-order valence-electron chi connectivity index (χ2n) is 4.23. The van der Waals surface area contributed by atoms with Crippen LogP contribution in [0.25, 0.3) is 0 Å². The number of anilines is 1.